The highest BCUT2D eigenvalue weighted by Crippen LogP contribution is 2.24. The van der Waals surface area contributed by atoms with Crippen LogP contribution in [0.4, 0.5) is 5.69 Å². The van der Waals surface area contributed by atoms with Crippen molar-refractivity contribution >= 4 is 22.6 Å². The van der Waals surface area contributed by atoms with Crippen molar-refractivity contribution in [1.29, 1.82) is 5.26 Å². The minimum atomic E-state index is -0.630. The first kappa shape index (κ1) is 17.2. The second-order valence-electron chi connectivity index (χ2n) is 5.95. The van der Waals surface area contributed by atoms with Gasteiger partial charge in [-0.05, 0) is 44.2 Å². The molecule has 0 fully saturated rings. The van der Waals surface area contributed by atoms with Crippen molar-refractivity contribution in [2.75, 3.05) is 5.32 Å². The van der Waals surface area contributed by atoms with Crippen LogP contribution < -0.4 is 15.7 Å². The molecule has 0 aliphatic rings. The van der Waals surface area contributed by atoms with Gasteiger partial charge in [0.1, 0.15) is 11.3 Å². The lowest BCUT2D eigenvalue weighted by Gasteiger charge is -2.11. The average molecular weight is 348 g/mol. The van der Waals surface area contributed by atoms with Crippen LogP contribution in [0.3, 0.4) is 0 Å². The molecular formula is C20H16N2O4. The number of nitrogens with zero attached hydrogens (tertiary/aromatic N) is 1. The third-order valence-corrected chi connectivity index (χ3v) is 3.58. The minimum absolute atomic E-state index is 0.0296. The lowest BCUT2D eigenvalue weighted by molar-refractivity contribution is 0.102. The lowest BCUT2D eigenvalue weighted by Crippen LogP contribution is -2.15. The summed E-state index contributed by atoms with van der Waals surface area (Å²) in [5.74, 6) is 0.0884. The highest BCUT2D eigenvalue weighted by molar-refractivity contribution is 6.12. The first-order valence-corrected chi connectivity index (χ1v) is 8.02. The molecule has 3 aromatic rings. The Morgan fingerprint density at radius 3 is 2.73 bits per heavy atom. The average Bonchev–Trinajstić information content (AvgIpc) is 2.60. The molecule has 1 amide bonds. The molecule has 0 aliphatic heterocycles. The highest BCUT2D eigenvalue weighted by Gasteiger charge is 2.15. The van der Waals surface area contributed by atoms with E-state index in [1.807, 2.05) is 19.9 Å². The maximum Gasteiger partial charge on any atom is 0.337 e. The zero-order chi connectivity index (χ0) is 18.7. The normalized spacial score (nSPS) is 10.5. The predicted octanol–water partition coefficient (Wildman–Crippen LogP) is 3.70. The summed E-state index contributed by atoms with van der Waals surface area (Å²) in [7, 11) is 0. The van der Waals surface area contributed by atoms with Gasteiger partial charge in [-0.25, -0.2) is 4.79 Å². The van der Waals surface area contributed by atoms with Crippen molar-refractivity contribution in [3.63, 3.8) is 0 Å². The summed E-state index contributed by atoms with van der Waals surface area (Å²) >= 11 is 0. The number of rotatable bonds is 4. The first-order valence-electron chi connectivity index (χ1n) is 8.02. The largest absolute Gasteiger partial charge is 0.491 e. The smallest absolute Gasteiger partial charge is 0.337 e. The van der Waals surface area contributed by atoms with Gasteiger partial charge in [0.25, 0.3) is 5.91 Å². The van der Waals surface area contributed by atoms with Crippen LogP contribution in [0.5, 0.6) is 5.75 Å². The van der Waals surface area contributed by atoms with E-state index in [0.29, 0.717) is 22.4 Å². The summed E-state index contributed by atoms with van der Waals surface area (Å²) in [6.45, 7) is 3.78. The third-order valence-electron chi connectivity index (χ3n) is 3.58. The van der Waals surface area contributed by atoms with E-state index in [-0.39, 0.29) is 17.3 Å². The fourth-order valence-electron chi connectivity index (χ4n) is 2.54. The van der Waals surface area contributed by atoms with Crippen LogP contribution in [-0.2, 0) is 0 Å². The summed E-state index contributed by atoms with van der Waals surface area (Å²) in [5, 5.41) is 12.1. The number of fused-ring (bicyclic) bond motifs is 1. The topological polar surface area (TPSA) is 92.3 Å². The SMILES string of the molecule is CC(C)Oc1ccc2c(C(=O)Nc3cccc(C#N)c3)cc(=O)oc2c1. The quantitative estimate of drug-likeness (QED) is 0.726. The van der Waals surface area contributed by atoms with Crippen molar-refractivity contribution in [1.82, 2.24) is 0 Å². The molecule has 0 spiro atoms. The van der Waals surface area contributed by atoms with E-state index in [1.54, 1.807) is 42.5 Å². The number of hydrogen-bond donors (Lipinski definition) is 1. The van der Waals surface area contributed by atoms with E-state index in [1.165, 1.54) is 0 Å². The van der Waals surface area contributed by atoms with Crippen molar-refractivity contribution in [2.45, 2.75) is 20.0 Å². The molecule has 0 aliphatic carbocycles. The van der Waals surface area contributed by atoms with Crippen LogP contribution in [-0.4, -0.2) is 12.0 Å². The summed E-state index contributed by atoms with van der Waals surface area (Å²) in [4.78, 5) is 24.5. The molecule has 1 N–H and O–H groups in total. The molecule has 0 radical (unpaired) electrons. The minimum Gasteiger partial charge on any atom is -0.491 e. The monoisotopic (exact) mass is 348 g/mol. The molecule has 6 nitrogen and oxygen atoms in total. The predicted molar refractivity (Wildman–Crippen MR) is 97.4 cm³/mol. The molecule has 1 aromatic heterocycles. The number of benzene rings is 2. The second-order valence-corrected chi connectivity index (χ2v) is 5.95. The summed E-state index contributed by atoms with van der Waals surface area (Å²) < 4.78 is 10.8. The van der Waals surface area contributed by atoms with Crippen LogP contribution >= 0.6 is 0 Å². The zero-order valence-corrected chi connectivity index (χ0v) is 14.3. The summed E-state index contributed by atoms with van der Waals surface area (Å²) in [6, 6.07) is 14.7. The maximum atomic E-state index is 12.6. The van der Waals surface area contributed by atoms with E-state index < -0.39 is 11.5 Å². The van der Waals surface area contributed by atoms with E-state index in [2.05, 4.69) is 5.32 Å². The van der Waals surface area contributed by atoms with Crippen molar-refractivity contribution < 1.29 is 13.9 Å². The fourth-order valence-corrected chi connectivity index (χ4v) is 2.54. The number of nitrogens with one attached hydrogen (secondary N) is 1. The maximum absolute atomic E-state index is 12.6. The lowest BCUT2D eigenvalue weighted by atomic mass is 10.1. The Labute approximate surface area is 149 Å². The molecule has 0 unspecified atom stereocenters. The van der Waals surface area contributed by atoms with Gasteiger partial charge in [0.15, 0.2) is 0 Å². The summed E-state index contributed by atoms with van der Waals surface area (Å²) in [6.07, 6.45) is -0.0296. The molecule has 6 heteroatoms. The molecule has 0 saturated carbocycles. The molecule has 0 atom stereocenters. The van der Waals surface area contributed by atoms with Crippen molar-refractivity contribution in [3.05, 3.63) is 70.1 Å². The van der Waals surface area contributed by atoms with Crippen molar-refractivity contribution in [3.8, 4) is 11.8 Å². The Kier molecular flexibility index (Phi) is 4.72. The van der Waals surface area contributed by atoms with Gasteiger partial charge in [0.2, 0.25) is 0 Å². The Balaban J connectivity index is 1.99. The van der Waals surface area contributed by atoms with E-state index in [9.17, 15) is 9.59 Å². The number of carbonyl (C=O) groups is 1. The molecule has 0 bridgehead atoms. The van der Waals surface area contributed by atoms with E-state index in [4.69, 9.17) is 14.4 Å². The van der Waals surface area contributed by atoms with Crippen LogP contribution in [0.1, 0.15) is 29.8 Å². The van der Waals surface area contributed by atoms with Crippen LogP contribution in [0.2, 0.25) is 0 Å². The number of ether oxygens (including phenoxy) is 1. The fraction of sp³-hybridized carbons (Fsp3) is 0.150. The molecule has 130 valence electrons. The van der Waals surface area contributed by atoms with Gasteiger partial charge in [-0.15, -0.1) is 0 Å². The van der Waals surface area contributed by atoms with Gasteiger partial charge in [-0.2, -0.15) is 5.26 Å². The highest BCUT2D eigenvalue weighted by atomic mass is 16.5. The van der Waals surface area contributed by atoms with Crippen LogP contribution in [0.25, 0.3) is 11.0 Å². The number of amides is 1. The van der Waals surface area contributed by atoms with Gasteiger partial charge in [-0.3, -0.25) is 4.79 Å². The molecule has 26 heavy (non-hydrogen) atoms. The Hall–Kier alpha value is -3.59. The van der Waals surface area contributed by atoms with Crippen molar-refractivity contribution in [2.24, 2.45) is 0 Å². The second kappa shape index (κ2) is 7.11. The number of anilines is 1. The zero-order valence-electron chi connectivity index (χ0n) is 14.3. The summed E-state index contributed by atoms with van der Waals surface area (Å²) in [5.41, 5.74) is 0.724. The Morgan fingerprint density at radius 2 is 2.00 bits per heavy atom. The Morgan fingerprint density at radius 1 is 1.19 bits per heavy atom. The number of hydrogen-bond acceptors (Lipinski definition) is 5. The number of carbonyl (C=O) groups excluding carboxylic acids is 1. The molecule has 0 saturated heterocycles. The van der Waals surface area contributed by atoms with Crippen LogP contribution in [0, 0.1) is 11.3 Å². The van der Waals surface area contributed by atoms with Gasteiger partial charge in [0, 0.05) is 23.2 Å². The van der Waals surface area contributed by atoms with Gasteiger partial charge in [0.05, 0.1) is 23.3 Å². The molecule has 3 rings (SSSR count). The third kappa shape index (κ3) is 3.73. The van der Waals surface area contributed by atoms with E-state index >= 15 is 0 Å². The molecular weight excluding hydrogens is 332 g/mol. The van der Waals surface area contributed by atoms with Gasteiger partial charge in [-0.1, -0.05) is 6.07 Å². The Bertz CT molecular complexity index is 1080. The molecule has 2 aromatic carbocycles. The van der Waals surface area contributed by atoms with Gasteiger partial charge >= 0.3 is 5.63 Å². The van der Waals surface area contributed by atoms with E-state index in [0.717, 1.165) is 6.07 Å². The van der Waals surface area contributed by atoms with Gasteiger partial charge < -0.3 is 14.5 Å². The standard InChI is InChI=1S/C20H16N2O4/c1-12(2)25-15-6-7-16-17(10-19(23)26-18(16)9-15)20(24)22-14-5-3-4-13(8-14)11-21/h3-10,12H,1-2H3,(H,22,24). The number of nitriles is 1. The molecule has 1 heterocycles. The van der Waals surface area contributed by atoms with Crippen LogP contribution in [0.15, 0.2) is 57.7 Å². The first-order chi connectivity index (χ1) is 12.5.